The quantitative estimate of drug-likeness (QED) is 0.412. The van der Waals surface area contributed by atoms with Crippen molar-refractivity contribution in [3.8, 4) is 5.75 Å². The Morgan fingerprint density at radius 1 is 0.867 bits per heavy atom. The molecule has 2 N–H and O–H groups in total. The van der Waals surface area contributed by atoms with Crippen molar-refractivity contribution in [2.45, 2.75) is 13.5 Å². The lowest BCUT2D eigenvalue weighted by Crippen LogP contribution is -2.24. The van der Waals surface area contributed by atoms with Crippen LogP contribution in [0.15, 0.2) is 77.3 Å². The van der Waals surface area contributed by atoms with Crippen LogP contribution in [0.25, 0.3) is 0 Å². The highest BCUT2D eigenvalue weighted by Crippen LogP contribution is 2.19. The first-order valence-electron chi connectivity index (χ1n) is 9.14. The number of carbonyl (C=O) groups excluding carboxylic acids is 3. The number of benzene rings is 3. The van der Waals surface area contributed by atoms with E-state index in [1.807, 2.05) is 24.3 Å². The summed E-state index contributed by atoms with van der Waals surface area (Å²) in [4.78, 5) is 36.1. The maximum absolute atomic E-state index is 12.5. The van der Waals surface area contributed by atoms with Crippen LogP contribution in [0.5, 0.6) is 5.75 Å². The molecule has 0 bridgehead atoms. The van der Waals surface area contributed by atoms with Crippen molar-refractivity contribution in [3.63, 3.8) is 0 Å². The Kier molecular flexibility index (Phi) is 6.98. The van der Waals surface area contributed by atoms with Crippen LogP contribution in [-0.4, -0.2) is 17.8 Å². The molecule has 2 amide bonds. The van der Waals surface area contributed by atoms with Crippen LogP contribution < -0.4 is 15.4 Å². The Labute approximate surface area is 182 Å². The van der Waals surface area contributed by atoms with Crippen LogP contribution in [0, 0.1) is 0 Å². The van der Waals surface area contributed by atoms with Gasteiger partial charge >= 0.3 is 5.97 Å². The van der Waals surface area contributed by atoms with Gasteiger partial charge in [0, 0.05) is 34.8 Å². The first-order chi connectivity index (χ1) is 14.4. The van der Waals surface area contributed by atoms with Crippen molar-refractivity contribution in [2.75, 3.05) is 5.32 Å². The Morgan fingerprint density at radius 2 is 1.57 bits per heavy atom. The Bertz CT molecular complexity index is 1100. The maximum Gasteiger partial charge on any atom is 0.308 e. The number of nitrogens with one attached hydrogen (secondary N) is 2. The van der Waals surface area contributed by atoms with Gasteiger partial charge in [-0.05, 0) is 48.0 Å². The third-order valence-electron chi connectivity index (χ3n) is 4.15. The number of anilines is 1. The second-order valence-corrected chi connectivity index (χ2v) is 7.34. The average molecular weight is 467 g/mol. The molecule has 0 aliphatic carbocycles. The van der Waals surface area contributed by atoms with E-state index in [0.717, 1.165) is 10.0 Å². The Balaban J connectivity index is 1.68. The van der Waals surface area contributed by atoms with E-state index in [2.05, 4.69) is 26.6 Å². The number of halogens is 1. The molecule has 3 aromatic carbocycles. The van der Waals surface area contributed by atoms with Crippen LogP contribution in [-0.2, 0) is 11.3 Å². The molecule has 0 aliphatic rings. The molecule has 0 spiro atoms. The topological polar surface area (TPSA) is 84.5 Å². The van der Waals surface area contributed by atoms with Gasteiger partial charge in [-0.3, -0.25) is 14.4 Å². The van der Waals surface area contributed by atoms with Crippen LogP contribution in [0.4, 0.5) is 5.69 Å². The zero-order valence-corrected chi connectivity index (χ0v) is 17.7. The summed E-state index contributed by atoms with van der Waals surface area (Å²) in [5.74, 6) is -0.721. The molecule has 0 atom stereocenters. The lowest BCUT2D eigenvalue weighted by atomic mass is 10.1. The van der Waals surface area contributed by atoms with Crippen LogP contribution in [0.1, 0.15) is 33.2 Å². The molecule has 0 aliphatic heterocycles. The number of hydrogen-bond donors (Lipinski definition) is 2. The Hall–Kier alpha value is -3.45. The summed E-state index contributed by atoms with van der Waals surface area (Å²) in [7, 11) is 0. The molecule has 0 aromatic heterocycles. The highest BCUT2D eigenvalue weighted by Gasteiger charge is 2.12. The summed E-state index contributed by atoms with van der Waals surface area (Å²) in [6.07, 6.45) is 0. The van der Waals surface area contributed by atoms with E-state index in [1.165, 1.54) is 13.0 Å². The molecule has 0 saturated heterocycles. The van der Waals surface area contributed by atoms with E-state index < -0.39 is 5.97 Å². The number of para-hydroxylation sites is 1. The van der Waals surface area contributed by atoms with E-state index in [9.17, 15) is 14.4 Å². The van der Waals surface area contributed by atoms with Crippen molar-refractivity contribution in [1.29, 1.82) is 0 Å². The minimum absolute atomic E-state index is 0.214. The third-order valence-corrected chi connectivity index (χ3v) is 4.64. The van der Waals surface area contributed by atoms with Crippen LogP contribution in [0.2, 0.25) is 0 Å². The number of amides is 2. The standard InChI is InChI=1S/C23H19BrN2O4/c1-15(27)30-20-10-5-8-17(13-20)22(28)25-14-18-6-2-3-11-21(18)26-23(29)16-7-4-9-19(24)12-16/h2-13H,14H2,1H3,(H,25,28)(H,26,29). The van der Waals surface area contributed by atoms with Gasteiger partial charge in [-0.1, -0.05) is 46.3 Å². The molecule has 152 valence electrons. The van der Waals surface area contributed by atoms with Crippen LogP contribution in [0.3, 0.4) is 0 Å². The van der Waals surface area contributed by atoms with E-state index in [1.54, 1.807) is 42.5 Å². The van der Waals surface area contributed by atoms with Gasteiger partial charge in [-0.25, -0.2) is 0 Å². The fourth-order valence-electron chi connectivity index (χ4n) is 2.76. The van der Waals surface area contributed by atoms with Gasteiger partial charge in [0.2, 0.25) is 0 Å². The lowest BCUT2D eigenvalue weighted by Gasteiger charge is -2.12. The van der Waals surface area contributed by atoms with Crippen molar-refractivity contribution in [2.24, 2.45) is 0 Å². The third kappa shape index (κ3) is 5.78. The minimum Gasteiger partial charge on any atom is -0.427 e. The second kappa shape index (κ2) is 9.84. The zero-order chi connectivity index (χ0) is 21.5. The van der Waals surface area contributed by atoms with Crippen molar-refractivity contribution >= 4 is 39.4 Å². The number of ether oxygens (including phenoxy) is 1. The van der Waals surface area contributed by atoms with Gasteiger partial charge in [0.25, 0.3) is 11.8 Å². The SMILES string of the molecule is CC(=O)Oc1cccc(C(=O)NCc2ccccc2NC(=O)c2cccc(Br)c2)c1. The molecule has 0 saturated carbocycles. The molecule has 0 unspecified atom stereocenters. The van der Waals surface area contributed by atoms with Gasteiger partial charge < -0.3 is 15.4 Å². The Morgan fingerprint density at radius 3 is 2.30 bits per heavy atom. The maximum atomic E-state index is 12.5. The van der Waals surface area contributed by atoms with E-state index in [0.29, 0.717) is 22.6 Å². The predicted octanol–water partition coefficient (Wildman–Crippen LogP) is 4.56. The predicted molar refractivity (Wildman–Crippen MR) is 117 cm³/mol. The van der Waals surface area contributed by atoms with Crippen molar-refractivity contribution in [3.05, 3.63) is 94.0 Å². The van der Waals surface area contributed by atoms with Gasteiger partial charge in [0.15, 0.2) is 0 Å². The molecule has 3 rings (SSSR count). The van der Waals surface area contributed by atoms with Gasteiger partial charge in [0.1, 0.15) is 5.75 Å². The first-order valence-corrected chi connectivity index (χ1v) is 9.93. The first kappa shape index (κ1) is 21.3. The highest BCUT2D eigenvalue weighted by atomic mass is 79.9. The lowest BCUT2D eigenvalue weighted by molar-refractivity contribution is -0.131. The molecule has 0 heterocycles. The largest absolute Gasteiger partial charge is 0.427 e. The average Bonchev–Trinajstić information content (AvgIpc) is 2.72. The van der Waals surface area contributed by atoms with Crippen molar-refractivity contribution in [1.82, 2.24) is 5.32 Å². The zero-order valence-electron chi connectivity index (χ0n) is 16.1. The minimum atomic E-state index is -0.456. The molecule has 30 heavy (non-hydrogen) atoms. The monoisotopic (exact) mass is 466 g/mol. The summed E-state index contributed by atoms with van der Waals surface area (Å²) in [6, 6.07) is 20.7. The second-order valence-electron chi connectivity index (χ2n) is 6.43. The summed E-state index contributed by atoms with van der Waals surface area (Å²) in [5.41, 5.74) is 2.25. The van der Waals surface area contributed by atoms with E-state index in [4.69, 9.17) is 4.74 Å². The molecule has 0 fully saturated rings. The molecule has 6 nitrogen and oxygen atoms in total. The summed E-state index contributed by atoms with van der Waals surface area (Å²) in [6.45, 7) is 1.51. The number of hydrogen-bond acceptors (Lipinski definition) is 4. The van der Waals surface area contributed by atoms with Crippen LogP contribution >= 0.6 is 15.9 Å². The molecule has 7 heteroatoms. The summed E-state index contributed by atoms with van der Waals surface area (Å²) in [5, 5.41) is 5.70. The molecule has 3 aromatic rings. The highest BCUT2D eigenvalue weighted by molar-refractivity contribution is 9.10. The molecular weight excluding hydrogens is 448 g/mol. The van der Waals surface area contributed by atoms with Gasteiger partial charge in [0.05, 0.1) is 0 Å². The number of carbonyl (C=O) groups is 3. The van der Waals surface area contributed by atoms with E-state index >= 15 is 0 Å². The van der Waals surface area contributed by atoms with Gasteiger partial charge in [-0.15, -0.1) is 0 Å². The van der Waals surface area contributed by atoms with Crippen molar-refractivity contribution < 1.29 is 19.1 Å². The normalized spacial score (nSPS) is 10.2. The molecular formula is C23H19BrN2O4. The fraction of sp³-hybridized carbons (Fsp3) is 0.0870. The fourth-order valence-corrected chi connectivity index (χ4v) is 3.16. The van der Waals surface area contributed by atoms with Gasteiger partial charge in [-0.2, -0.15) is 0 Å². The smallest absolute Gasteiger partial charge is 0.308 e. The summed E-state index contributed by atoms with van der Waals surface area (Å²) >= 11 is 3.36. The molecule has 0 radical (unpaired) electrons. The van der Waals surface area contributed by atoms with E-state index in [-0.39, 0.29) is 18.4 Å². The number of esters is 1. The summed E-state index contributed by atoms with van der Waals surface area (Å²) < 4.78 is 5.82. The number of rotatable bonds is 6.